The zero-order valence-electron chi connectivity index (χ0n) is 11.9. The molecule has 0 unspecified atom stereocenters. The first-order valence-electron chi connectivity index (χ1n) is 6.52. The van der Waals surface area contributed by atoms with Crippen LogP contribution in [-0.2, 0) is 4.79 Å². The van der Waals surface area contributed by atoms with E-state index in [1.807, 2.05) is 19.1 Å². The van der Waals surface area contributed by atoms with Gasteiger partial charge in [0.1, 0.15) is 5.75 Å². The van der Waals surface area contributed by atoms with Crippen molar-refractivity contribution in [1.82, 2.24) is 0 Å². The van der Waals surface area contributed by atoms with Crippen LogP contribution in [0.5, 0.6) is 5.75 Å². The van der Waals surface area contributed by atoms with Gasteiger partial charge in [-0.25, -0.2) is 0 Å². The number of rotatable bonds is 5. The van der Waals surface area contributed by atoms with Gasteiger partial charge in [-0.2, -0.15) is 0 Å². The molecule has 0 aromatic heterocycles. The quantitative estimate of drug-likeness (QED) is 0.885. The van der Waals surface area contributed by atoms with Crippen molar-refractivity contribution in [2.45, 2.75) is 6.92 Å². The normalized spacial score (nSPS) is 10.0. The third-order valence-electron chi connectivity index (χ3n) is 3.00. The number of methoxy groups -OCH3 is 1. The number of ether oxygens (including phenoxy) is 1. The fourth-order valence-corrected chi connectivity index (χ4v) is 1.95. The second-order valence-corrected chi connectivity index (χ2v) is 5.00. The average Bonchev–Trinajstić information content (AvgIpc) is 2.49. The highest BCUT2D eigenvalue weighted by molar-refractivity contribution is 6.31. The maximum atomic E-state index is 11.9. The molecule has 110 valence electrons. The van der Waals surface area contributed by atoms with E-state index in [4.69, 9.17) is 16.3 Å². The van der Waals surface area contributed by atoms with Crippen molar-refractivity contribution >= 4 is 28.9 Å². The van der Waals surface area contributed by atoms with Crippen LogP contribution in [0.25, 0.3) is 0 Å². The molecule has 0 saturated carbocycles. The Morgan fingerprint density at radius 2 is 1.81 bits per heavy atom. The summed E-state index contributed by atoms with van der Waals surface area (Å²) >= 11 is 6.04. The van der Waals surface area contributed by atoms with Crippen LogP contribution in [0.4, 0.5) is 11.4 Å². The smallest absolute Gasteiger partial charge is 0.243 e. The van der Waals surface area contributed by atoms with Crippen molar-refractivity contribution in [2.24, 2.45) is 0 Å². The second-order valence-electron chi connectivity index (χ2n) is 4.59. The summed E-state index contributed by atoms with van der Waals surface area (Å²) in [6.45, 7) is 2.11. The fraction of sp³-hybridized carbons (Fsp3) is 0.188. The number of hydrogen-bond acceptors (Lipinski definition) is 3. The zero-order chi connectivity index (χ0) is 15.2. The summed E-state index contributed by atoms with van der Waals surface area (Å²) in [4.78, 5) is 11.9. The predicted molar refractivity (Wildman–Crippen MR) is 86.3 cm³/mol. The lowest BCUT2D eigenvalue weighted by molar-refractivity contribution is -0.114. The van der Waals surface area contributed by atoms with Gasteiger partial charge >= 0.3 is 0 Å². The van der Waals surface area contributed by atoms with Gasteiger partial charge in [-0.15, -0.1) is 0 Å². The van der Waals surface area contributed by atoms with E-state index in [2.05, 4.69) is 10.6 Å². The Balaban J connectivity index is 1.87. The van der Waals surface area contributed by atoms with Crippen LogP contribution >= 0.6 is 11.6 Å². The zero-order valence-corrected chi connectivity index (χ0v) is 12.7. The van der Waals surface area contributed by atoms with Crippen molar-refractivity contribution in [1.29, 1.82) is 0 Å². The molecule has 0 spiro atoms. The predicted octanol–water partition coefficient (Wildman–Crippen LogP) is 3.71. The van der Waals surface area contributed by atoms with E-state index < -0.39 is 0 Å². The summed E-state index contributed by atoms with van der Waals surface area (Å²) in [5, 5.41) is 6.51. The number of halogens is 1. The molecule has 2 aromatic carbocycles. The lowest BCUT2D eigenvalue weighted by atomic mass is 10.2. The lowest BCUT2D eigenvalue weighted by Gasteiger charge is -2.09. The van der Waals surface area contributed by atoms with Crippen molar-refractivity contribution in [3.05, 3.63) is 53.1 Å². The average molecular weight is 305 g/mol. The van der Waals surface area contributed by atoms with Crippen molar-refractivity contribution in [2.75, 3.05) is 24.3 Å². The summed E-state index contributed by atoms with van der Waals surface area (Å²) in [5.41, 5.74) is 2.55. The number of carbonyl (C=O) groups is 1. The van der Waals surface area contributed by atoms with Gasteiger partial charge in [-0.05, 0) is 48.9 Å². The Morgan fingerprint density at radius 3 is 2.43 bits per heavy atom. The summed E-state index contributed by atoms with van der Waals surface area (Å²) < 4.78 is 5.06. The molecule has 0 aliphatic carbocycles. The number of carbonyl (C=O) groups excluding carboxylic acids is 1. The van der Waals surface area contributed by atoms with Gasteiger partial charge in [0, 0.05) is 16.4 Å². The van der Waals surface area contributed by atoms with Gasteiger partial charge < -0.3 is 15.4 Å². The number of nitrogens with one attached hydrogen (secondary N) is 2. The van der Waals surface area contributed by atoms with E-state index in [1.165, 1.54) is 0 Å². The van der Waals surface area contributed by atoms with Crippen LogP contribution in [-0.4, -0.2) is 19.6 Å². The van der Waals surface area contributed by atoms with E-state index in [0.29, 0.717) is 5.02 Å². The second kappa shape index (κ2) is 6.99. The minimum Gasteiger partial charge on any atom is -0.497 e. The van der Waals surface area contributed by atoms with Crippen molar-refractivity contribution in [3.8, 4) is 5.75 Å². The number of benzene rings is 2. The van der Waals surface area contributed by atoms with Gasteiger partial charge in [-0.1, -0.05) is 17.7 Å². The molecule has 0 atom stereocenters. The lowest BCUT2D eigenvalue weighted by Crippen LogP contribution is -2.21. The van der Waals surface area contributed by atoms with Crippen LogP contribution in [0.1, 0.15) is 5.56 Å². The molecule has 2 rings (SSSR count). The van der Waals surface area contributed by atoms with E-state index >= 15 is 0 Å². The van der Waals surface area contributed by atoms with Crippen LogP contribution in [0, 0.1) is 6.92 Å². The van der Waals surface area contributed by atoms with Gasteiger partial charge in [0.2, 0.25) is 5.91 Å². The molecule has 0 radical (unpaired) electrons. The summed E-state index contributed by atoms with van der Waals surface area (Å²) in [6.07, 6.45) is 0. The summed E-state index contributed by atoms with van der Waals surface area (Å²) in [7, 11) is 1.60. The first-order chi connectivity index (χ1) is 10.1. The topological polar surface area (TPSA) is 50.4 Å². The van der Waals surface area contributed by atoms with Crippen molar-refractivity contribution < 1.29 is 9.53 Å². The third-order valence-corrected chi connectivity index (χ3v) is 3.41. The number of aryl methyl sites for hydroxylation is 1. The molecule has 0 fully saturated rings. The van der Waals surface area contributed by atoms with Gasteiger partial charge in [0.05, 0.1) is 13.7 Å². The maximum Gasteiger partial charge on any atom is 0.243 e. The van der Waals surface area contributed by atoms with Crippen LogP contribution in [0.3, 0.4) is 0 Å². The Labute approximate surface area is 129 Å². The minimum absolute atomic E-state index is 0.128. The molecule has 0 bridgehead atoms. The molecule has 4 nitrogen and oxygen atoms in total. The van der Waals surface area contributed by atoms with Crippen molar-refractivity contribution in [3.63, 3.8) is 0 Å². The van der Waals surface area contributed by atoms with Crippen LogP contribution < -0.4 is 15.4 Å². The Bertz CT molecular complexity index is 627. The molecular weight excluding hydrogens is 288 g/mol. The molecule has 5 heteroatoms. The molecule has 0 heterocycles. The molecule has 2 N–H and O–H groups in total. The summed E-state index contributed by atoms with van der Waals surface area (Å²) in [5.74, 6) is 0.622. The molecule has 0 aliphatic rings. The van der Waals surface area contributed by atoms with Crippen LogP contribution in [0.15, 0.2) is 42.5 Å². The Hall–Kier alpha value is -2.20. The largest absolute Gasteiger partial charge is 0.497 e. The third kappa shape index (κ3) is 4.39. The standard InChI is InChI=1S/C16H17ClN2O2/c1-11-3-4-13(9-15(11)17)18-10-16(20)19-12-5-7-14(21-2)8-6-12/h3-9,18H,10H2,1-2H3,(H,19,20). The van der Waals surface area contributed by atoms with Crippen LogP contribution in [0.2, 0.25) is 5.02 Å². The molecule has 2 aromatic rings. The molecule has 21 heavy (non-hydrogen) atoms. The first-order valence-corrected chi connectivity index (χ1v) is 6.90. The highest BCUT2D eigenvalue weighted by atomic mass is 35.5. The Morgan fingerprint density at radius 1 is 1.14 bits per heavy atom. The Kier molecular flexibility index (Phi) is 5.06. The number of amides is 1. The molecule has 0 saturated heterocycles. The summed E-state index contributed by atoms with van der Waals surface area (Å²) in [6, 6.07) is 12.8. The maximum absolute atomic E-state index is 11.9. The van der Waals surface area contributed by atoms with Gasteiger partial charge in [0.15, 0.2) is 0 Å². The highest BCUT2D eigenvalue weighted by Crippen LogP contribution is 2.20. The highest BCUT2D eigenvalue weighted by Gasteiger charge is 2.03. The monoisotopic (exact) mass is 304 g/mol. The van der Waals surface area contributed by atoms with E-state index in [0.717, 1.165) is 22.7 Å². The fourth-order valence-electron chi connectivity index (χ4n) is 1.76. The molecule has 1 amide bonds. The first kappa shape index (κ1) is 15.2. The van der Waals surface area contributed by atoms with Gasteiger partial charge in [-0.3, -0.25) is 4.79 Å². The van der Waals surface area contributed by atoms with Gasteiger partial charge in [0.25, 0.3) is 0 Å². The minimum atomic E-state index is -0.128. The molecular formula is C16H17ClN2O2. The van der Waals surface area contributed by atoms with E-state index in [-0.39, 0.29) is 12.5 Å². The van der Waals surface area contributed by atoms with E-state index in [1.54, 1.807) is 37.4 Å². The SMILES string of the molecule is COc1ccc(NC(=O)CNc2ccc(C)c(Cl)c2)cc1. The van der Waals surface area contributed by atoms with E-state index in [9.17, 15) is 4.79 Å². The number of hydrogen-bond donors (Lipinski definition) is 2. The molecule has 0 aliphatic heterocycles. The number of anilines is 2.